The molecule has 2 aromatic carbocycles. The summed E-state index contributed by atoms with van der Waals surface area (Å²) in [7, 11) is -3.96. The third-order valence-electron chi connectivity index (χ3n) is 4.01. The predicted octanol–water partition coefficient (Wildman–Crippen LogP) is 5.06. The second-order valence-corrected chi connectivity index (χ2v) is 9.56. The topological polar surface area (TPSA) is 88.2 Å². The van der Waals surface area contributed by atoms with Crippen molar-refractivity contribution < 1.29 is 17.6 Å². The Morgan fingerprint density at radius 3 is 2.37 bits per heavy atom. The highest BCUT2D eigenvalue weighted by atomic mass is 32.2. The van der Waals surface area contributed by atoms with Gasteiger partial charge in [0.15, 0.2) is 0 Å². The maximum Gasteiger partial charge on any atom is 0.275 e. The molecule has 0 aliphatic carbocycles. The molecule has 2 N–H and O–H groups in total. The standard InChI is InChI=1S/C20H14FN3O3S3/c21-13-7-9-14(10-8-13)30(26,27)24-16-5-2-1-4-15(16)22-19(25)17-12-29-20(23-17)18-6-3-11-28-18/h1-12,24H,(H,22,25). The van der Waals surface area contributed by atoms with Crippen molar-refractivity contribution in [3.63, 3.8) is 0 Å². The van der Waals surface area contributed by atoms with Crippen LogP contribution in [0.5, 0.6) is 0 Å². The second-order valence-electron chi connectivity index (χ2n) is 6.07. The summed E-state index contributed by atoms with van der Waals surface area (Å²) in [6, 6.07) is 14.7. The quantitative estimate of drug-likeness (QED) is 0.422. The predicted molar refractivity (Wildman–Crippen MR) is 117 cm³/mol. The van der Waals surface area contributed by atoms with Crippen molar-refractivity contribution in [3.05, 3.63) is 82.9 Å². The average molecular weight is 460 g/mol. The first kappa shape index (κ1) is 20.2. The molecule has 4 rings (SSSR count). The number of halogens is 1. The number of sulfonamides is 1. The fraction of sp³-hybridized carbons (Fsp3) is 0. The van der Waals surface area contributed by atoms with Crippen molar-refractivity contribution in [2.45, 2.75) is 4.90 Å². The molecular weight excluding hydrogens is 445 g/mol. The molecule has 0 saturated carbocycles. The molecule has 1 amide bonds. The zero-order chi connectivity index (χ0) is 21.1. The third kappa shape index (κ3) is 4.40. The molecule has 6 nitrogen and oxygen atoms in total. The van der Waals surface area contributed by atoms with Crippen LogP contribution in [0.2, 0.25) is 0 Å². The van der Waals surface area contributed by atoms with Crippen LogP contribution in [0.25, 0.3) is 9.88 Å². The van der Waals surface area contributed by atoms with Crippen molar-refractivity contribution in [2.75, 3.05) is 10.0 Å². The molecule has 4 aromatic rings. The van der Waals surface area contributed by atoms with E-state index in [1.165, 1.54) is 40.9 Å². The minimum Gasteiger partial charge on any atom is -0.319 e. The first-order valence-corrected chi connectivity index (χ1v) is 11.8. The average Bonchev–Trinajstić information content (AvgIpc) is 3.41. The maximum atomic E-state index is 13.1. The molecule has 0 bridgehead atoms. The number of rotatable bonds is 6. The number of hydrogen-bond donors (Lipinski definition) is 2. The van der Waals surface area contributed by atoms with Gasteiger partial charge in [0.2, 0.25) is 0 Å². The number of anilines is 2. The molecule has 0 aliphatic heterocycles. The Kier molecular flexibility index (Phi) is 5.62. The number of carbonyl (C=O) groups excluding carboxylic acids is 1. The van der Waals surface area contributed by atoms with E-state index in [1.54, 1.807) is 23.6 Å². The van der Waals surface area contributed by atoms with Gasteiger partial charge < -0.3 is 5.32 Å². The number of amides is 1. The molecule has 2 aromatic heterocycles. The van der Waals surface area contributed by atoms with Crippen molar-refractivity contribution in [1.82, 2.24) is 4.98 Å². The summed E-state index contributed by atoms with van der Waals surface area (Å²) < 4.78 is 40.7. The molecule has 2 heterocycles. The minimum atomic E-state index is -3.96. The van der Waals surface area contributed by atoms with E-state index in [0.717, 1.165) is 22.0 Å². The zero-order valence-electron chi connectivity index (χ0n) is 15.2. The monoisotopic (exact) mass is 459 g/mol. The Bertz CT molecular complexity index is 1280. The molecule has 10 heteroatoms. The van der Waals surface area contributed by atoms with Crippen molar-refractivity contribution in [1.29, 1.82) is 0 Å². The van der Waals surface area contributed by atoms with Crippen LogP contribution in [0.4, 0.5) is 15.8 Å². The van der Waals surface area contributed by atoms with Gasteiger partial charge in [0.05, 0.1) is 21.1 Å². The third-order valence-corrected chi connectivity index (χ3v) is 7.28. The summed E-state index contributed by atoms with van der Waals surface area (Å²) in [6.45, 7) is 0. The summed E-state index contributed by atoms with van der Waals surface area (Å²) in [5.41, 5.74) is 0.697. The number of thiazole rings is 1. The normalized spacial score (nSPS) is 11.2. The van der Waals surface area contributed by atoms with Gasteiger partial charge >= 0.3 is 0 Å². The van der Waals surface area contributed by atoms with Gasteiger partial charge in [-0.25, -0.2) is 17.8 Å². The summed E-state index contributed by atoms with van der Waals surface area (Å²) in [6.07, 6.45) is 0. The van der Waals surface area contributed by atoms with Gasteiger partial charge in [-0.3, -0.25) is 9.52 Å². The highest BCUT2D eigenvalue weighted by molar-refractivity contribution is 7.92. The van der Waals surface area contributed by atoms with Crippen LogP contribution >= 0.6 is 22.7 Å². The van der Waals surface area contributed by atoms with Crippen molar-refractivity contribution >= 4 is 50.0 Å². The first-order chi connectivity index (χ1) is 14.4. The van der Waals surface area contributed by atoms with E-state index in [-0.39, 0.29) is 22.0 Å². The molecule has 0 saturated heterocycles. The lowest BCUT2D eigenvalue weighted by Crippen LogP contribution is -2.17. The van der Waals surface area contributed by atoms with Crippen molar-refractivity contribution in [2.24, 2.45) is 0 Å². The highest BCUT2D eigenvalue weighted by Crippen LogP contribution is 2.29. The highest BCUT2D eigenvalue weighted by Gasteiger charge is 2.18. The van der Waals surface area contributed by atoms with Crippen LogP contribution in [0.15, 0.2) is 76.3 Å². The number of carbonyl (C=O) groups is 1. The van der Waals surface area contributed by atoms with E-state index in [4.69, 9.17) is 0 Å². The van der Waals surface area contributed by atoms with Crippen LogP contribution in [0.1, 0.15) is 10.5 Å². The van der Waals surface area contributed by atoms with Crippen LogP contribution < -0.4 is 10.0 Å². The number of hydrogen-bond acceptors (Lipinski definition) is 6. The lowest BCUT2D eigenvalue weighted by molar-refractivity contribution is 0.102. The summed E-state index contributed by atoms with van der Waals surface area (Å²) >= 11 is 2.88. The molecule has 152 valence electrons. The van der Waals surface area contributed by atoms with E-state index in [2.05, 4.69) is 15.0 Å². The lowest BCUT2D eigenvalue weighted by atomic mass is 10.2. The van der Waals surface area contributed by atoms with Crippen LogP contribution in [-0.2, 0) is 10.0 Å². The number of nitrogens with zero attached hydrogens (tertiary/aromatic N) is 1. The molecule has 0 aliphatic rings. The molecule has 0 radical (unpaired) electrons. The largest absolute Gasteiger partial charge is 0.319 e. The van der Waals surface area contributed by atoms with Crippen LogP contribution in [0.3, 0.4) is 0 Å². The van der Waals surface area contributed by atoms with Crippen molar-refractivity contribution in [3.8, 4) is 9.88 Å². The zero-order valence-corrected chi connectivity index (χ0v) is 17.7. The molecule has 30 heavy (non-hydrogen) atoms. The maximum absolute atomic E-state index is 13.1. The first-order valence-electron chi connectivity index (χ1n) is 8.60. The molecule has 0 fully saturated rings. The van der Waals surface area contributed by atoms with Gasteiger partial charge in [0.25, 0.3) is 15.9 Å². The number of thiophene rings is 1. The Morgan fingerprint density at radius 1 is 0.933 bits per heavy atom. The lowest BCUT2D eigenvalue weighted by Gasteiger charge is -2.13. The van der Waals surface area contributed by atoms with Gasteiger partial charge in [-0.1, -0.05) is 18.2 Å². The van der Waals surface area contributed by atoms with Gasteiger partial charge in [0.1, 0.15) is 16.5 Å². The Balaban J connectivity index is 1.55. The minimum absolute atomic E-state index is 0.0925. The Labute approximate surface area is 180 Å². The Hall–Kier alpha value is -3.08. The van der Waals surface area contributed by atoms with E-state index in [9.17, 15) is 17.6 Å². The van der Waals surface area contributed by atoms with Gasteiger partial charge in [-0.05, 0) is 47.8 Å². The molecule has 0 unspecified atom stereocenters. The van der Waals surface area contributed by atoms with Crippen LogP contribution in [0, 0.1) is 5.82 Å². The van der Waals surface area contributed by atoms with E-state index in [1.807, 2.05) is 17.5 Å². The number of nitrogens with one attached hydrogen (secondary N) is 2. The van der Waals surface area contributed by atoms with E-state index in [0.29, 0.717) is 0 Å². The smallest absolute Gasteiger partial charge is 0.275 e. The molecule has 0 spiro atoms. The molecule has 0 atom stereocenters. The van der Waals surface area contributed by atoms with Gasteiger partial charge in [-0.15, -0.1) is 22.7 Å². The van der Waals surface area contributed by atoms with Gasteiger partial charge in [-0.2, -0.15) is 0 Å². The molecular formula is C20H14FN3O3S3. The summed E-state index contributed by atoms with van der Waals surface area (Å²) in [4.78, 5) is 17.9. The number of benzene rings is 2. The number of aromatic nitrogens is 1. The second kappa shape index (κ2) is 8.34. The van der Waals surface area contributed by atoms with E-state index < -0.39 is 21.7 Å². The number of para-hydroxylation sites is 2. The van der Waals surface area contributed by atoms with E-state index >= 15 is 0 Å². The summed E-state index contributed by atoms with van der Waals surface area (Å²) in [5, 5.41) is 7.01. The SMILES string of the molecule is O=C(Nc1ccccc1NS(=O)(=O)c1ccc(F)cc1)c1csc(-c2cccs2)n1. The van der Waals surface area contributed by atoms with Crippen LogP contribution in [-0.4, -0.2) is 19.3 Å². The Morgan fingerprint density at radius 2 is 1.67 bits per heavy atom. The fourth-order valence-corrected chi connectivity index (χ4v) is 5.27. The fourth-order valence-electron chi connectivity index (χ4n) is 2.58. The van der Waals surface area contributed by atoms with Gasteiger partial charge in [0, 0.05) is 5.38 Å². The summed E-state index contributed by atoms with van der Waals surface area (Å²) in [5.74, 6) is -0.991.